The monoisotopic (exact) mass is 273 g/mol. The summed E-state index contributed by atoms with van der Waals surface area (Å²) in [4.78, 5) is 13.1. The van der Waals surface area contributed by atoms with E-state index < -0.39 is 13.0 Å². The van der Waals surface area contributed by atoms with Crippen LogP contribution in [-0.2, 0) is 11.2 Å². The normalized spacial score (nSPS) is 14.6. The standard InChI is InChI=1S/C13H14F3NO2/c1-9(18)10-2-3-12-11(8-10)4-5-17(12)6-7-19-13(14,15)16/h2-3,8H,4-7H2,1H3. The van der Waals surface area contributed by atoms with Crippen molar-refractivity contribution in [2.24, 2.45) is 0 Å². The second kappa shape index (κ2) is 5.21. The number of benzene rings is 1. The van der Waals surface area contributed by atoms with Gasteiger partial charge in [0, 0.05) is 24.3 Å². The first kappa shape index (κ1) is 13.9. The van der Waals surface area contributed by atoms with Crippen LogP contribution in [-0.4, -0.2) is 31.8 Å². The van der Waals surface area contributed by atoms with Crippen molar-refractivity contribution < 1.29 is 22.7 Å². The van der Waals surface area contributed by atoms with Crippen LogP contribution in [0, 0.1) is 0 Å². The van der Waals surface area contributed by atoms with Gasteiger partial charge in [-0.15, -0.1) is 13.2 Å². The van der Waals surface area contributed by atoms with Gasteiger partial charge in [-0.1, -0.05) is 0 Å². The van der Waals surface area contributed by atoms with E-state index in [0.29, 0.717) is 12.1 Å². The van der Waals surface area contributed by atoms with E-state index in [0.717, 1.165) is 17.7 Å². The Morgan fingerprint density at radius 3 is 2.79 bits per heavy atom. The number of hydrogen-bond donors (Lipinski definition) is 0. The minimum Gasteiger partial charge on any atom is -0.369 e. The third-order valence-corrected chi connectivity index (χ3v) is 3.10. The predicted molar refractivity (Wildman–Crippen MR) is 64.4 cm³/mol. The first-order valence-corrected chi connectivity index (χ1v) is 5.96. The molecule has 0 saturated carbocycles. The van der Waals surface area contributed by atoms with Crippen LogP contribution in [0.3, 0.4) is 0 Å². The fourth-order valence-corrected chi connectivity index (χ4v) is 2.19. The molecule has 1 aliphatic heterocycles. The van der Waals surface area contributed by atoms with E-state index in [2.05, 4.69) is 4.74 Å². The van der Waals surface area contributed by atoms with Gasteiger partial charge in [0.15, 0.2) is 5.78 Å². The van der Waals surface area contributed by atoms with Crippen LogP contribution in [0.4, 0.5) is 18.9 Å². The van der Waals surface area contributed by atoms with Crippen LogP contribution in [0.1, 0.15) is 22.8 Å². The molecule has 1 aliphatic rings. The fraction of sp³-hybridized carbons (Fsp3) is 0.462. The van der Waals surface area contributed by atoms with Gasteiger partial charge in [-0.2, -0.15) is 0 Å². The summed E-state index contributed by atoms with van der Waals surface area (Å²) in [6.07, 6.45) is -3.84. The first-order valence-electron chi connectivity index (χ1n) is 5.96. The molecule has 104 valence electrons. The van der Waals surface area contributed by atoms with Gasteiger partial charge < -0.3 is 4.90 Å². The van der Waals surface area contributed by atoms with Crippen molar-refractivity contribution in [3.8, 4) is 0 Å². The molecule has 0 aromatic heterocycles. The van der Waals surface area contributed by atoms with Crippen LogP contribution in [0.2, 0.25) is 0 Å². The molecular formula is C13H14F3NO2. The van der Waals surface area contributed by atoms with E-state index in [1.807, 2.05) is 11.0 Å². The van der Waals surface area contributed by atoms with Crippen molar-refractivity contribution in [1.29, 1.82) is 0 Å². The van der Waals surface area contributed by atoms with Crippen molar-refractivity contribution in [2.45, 2.75) is 19.7 Å². The Hall–Kier alpha value is -1.56. The van der Waals surface area contributed by atoms with Crippen molar-refractivity contribution >= 4 is 11.5 Å². The molecule has 2 rings (SSSR count). The minimum atomic E-state index is -4.58. The minimum absolute atomic E-state index is 0.0124. The maximum absolute atomic E-state index is 11.9. The lowest BCUT2D eigenvalue weighted by atomic mass is 10.1. The highest BCUT2D eigenvalue weighted by Gasteiger charge is 2.29. The van der Waals surface area contributed by atoms with Gasteiger partial charge in [-0.25, -0.2) is 0 Å². The van der Waals surface area contributed by atoms with Crippen LogP contribution >= 0.6 is 0 Å². The lowest BCUT2D eigenvalue weighted by Crippen LogP contribution is -2.28. The molecule has 6 heteroatoms. The van der Waals surface area contributed by atoms with E-state index in [4.69, 9.17) is 0 Å². The number of ketones is 1. The number of Topliss-reactive ketones (excluding diaryl/α,β-unsaturated/α-hetero) is 1. The number of nitrogens with zero attached hydrogens (tertiary/aromatic N) is 1. The number of alkyl halides is 3. The van der Waals surface area contributed by atoms with Crippen molar-refractivity contribution in [1.82, 2.24) is 0 Å². The van der Waals surface area contributed by atoms with Crippen molar-refractivity contribution in [3.63, 3.8) is 0 Å². The lowest BCUT2D eigenvalue weighted by Gasteiger charge is -2.19. The molecule has 0 spiro atoms. The van der Waals surface area contributed by atoms with E-state index in [-0.39, 0.29) is 12.3 Å². The highest BCUT2D eigenvalue weighted by atomic mass is 19.4. The molecule has 0 atom stereocenters. The number of rotatable bonds is 4. The lowest BCUT2D eigenvalue weighted by molar-refractivity contribution is -0.323. The molecule has 1 aromatic rings. The zero-order valence-electron chi connectivity index (χ0n) is 10.5. The summed E-state index contributed by atoms with van der Waals surface area (Å²) in [5.74, 6) is -0.0124. The molecule has 0 unspecified atom stereocenters. The van der Waals surface area contributed by atoms with E-state index in [1.165, 1.54) is 6.92 Å². The second-order valence-electron chi connectivity index (χ2n) is 4.43. The third kappa shape index (κ3) is 3.47. The Kier molecular flexibility index (Phi) is 3.80. The Bertz CT molecular complexity index is 485. The summed E-state index contributed by atoms with van der Waals surface area (Å²) in [5, 5.41) is 0. The smallest absolute Gasteiger partial charge is 0.369 e. The molecule has 1 aromatic carbocycles. The van der Waals surface area contributed by atoms with E-state index in [9.17, 15) is 18.0 Å². The average molecular weight is 273 g/mol. The quantitative estimate of drug-likeness (QED) is 0.790. The molecule has 1 heterocycles. The zero-order chi connectivity index (χ0) is 14.0. The van der Waals surface area contributed by atoms with Gasteiger partial charge in [-0.3, -0.25) is 9.53 Å². The molecular weight excluding hydrogens is 259 g/mol. The van der Waals surface area contributed by atoms with Gasteiger partial charge >= 0.3 is 6.36 Å². The molecule has 0 N–H and O–H groups in total. The highest BCUT2D eigenvalue weighted by Crippen LogP contribution is 2.29. The Balaban J connectivity index is 2.00. The van der Waals surface area contributed by atoms with Gasteiger partial charge in [0.1, 0.15) is 0 Å². The maximum Gasteiger partial charge on any atom is 0.522 e. The summed E-state index contributed by atoms with van der Waals surface area (Å²) in [6.45, 7) is 1.94. The fourth-order valence-electron chi connectivity index (χ4n) is 2.19. The zero-order valence-corrected chi connectivity index (χ0v) is 10.5. The molecule has 0 bridgehead atoms. The summed E-state index contributed by atoms with van der Waals surface area (Å²) in [5.41, 5.74) is 2.52. The van der Waals surface area contributed by atoms with Crippen LogP contribution in [0.25, 0.3) is 0 Å². The summed E-state index contributed by atoms with van der Waals surface area (Å²) >= 11 is 0. The number of carbonyl (C=O) groups is 1. The number of halogens is 3. The second-order valence-corrected chi connectivity index (χ2v) is 4.43. The summed E-state index contributed by atoms with van der Waals surface area (Å²) in [7, 11) is 0. The molecule has 0 fully saturated rings. The topological polar surface area (TPSA) is 29.5 Å². The van der Waals surface area contributed by atoms with E-state index >= 15 is 0 Å². The van der Waals surface area contributed by atoms with Crippen molar-refractivity contribution in [2.75, 3.05) is 24.6 Å². The van der Waals surface area contributed by atoms with E-state index in [1.54, 1.807) is 12.1 Å². The summed E-state index contributed by atoms with van der Waals surface area (Å²) < 4.78 is 39.4. The van der Waals surface area contributed by atoms with Gasteiger partial charge in [0.25, 0.3) is 0 Å². The average Bonchev–Trinajstić information content (AvgIpc) is 2.70. The van der Waals surface area contributed by atoms with Crippen LogP contribution < -0.4 is 4.90 Å². The van der Waals surface area contributed by atoms with Crippen molar-refractivity contribution in [3.05, 3.63) is 29.3 Å². The van der Waals surface area contributed by atoms with Gasteiger partial charge in [-0.05, 0) is 37.1 Å². The predicted octanol–water partition coefficient (Wildman–Crippen LogP) is 2.79. The number of carbonyl (C=O) groups excluding carboxylic acids is 1. The Morgan fingerprint density at radius 2 is 2.16 bits per heavy atom. The highest BCUT2D eigenvalue weighted by molar-refractivity contribution is 5.94. The number of fused-ring (bicyclic) bond motifs is 1. The SMILES string of the molecule is CC(=O)c1ccc2c(c1)CCN2CCOC(F)(F)F. The summed E-state index contributed by atoms with van der Waals surface area (Å²) in [6, 6.07) is 5.29. The van der Waals surface area contributed by atoms with Crippen LogP contribution in [0.15, 0.2) is 18.2 Å². The Labute approximate surface area is 109 Å². The maximum atomic E-state index is 11.9. The molecule has 0 radical (unpaired) electrons. The number of hydrogen-bond acceptors (Lipinski definition) is 3. The van der Waals surface area contributed by atoms with Gasteiger partial charge in [0.05, 0.1) is 6.61 Å². The van der Waals surface area contributed by atoms with Crippen LogP contribution in [0.5, 0.6) is 0 Å². The molecule has 0 aliphatic carbocycles. The number of ether oxygens (including phenoxy) is 1. The largest absolute Gasteiger partial charge is 0.522 e. The third-order valence-electron chi connectivity index (χ3n) is 3.10. The first-order chi connectivity index (χ1) is 8.87. The molecule has 0 saturated heterocycles. The molecule has 0 amide bonds. The molecule has 19 heavy (non-hydrogen) atoms. The Morgan fingerprint density at radius 1 is 1.42 bits per heavy atom. The van der Waals surface area contributed by atoms with Gasteiger partial charge in [0.2, 0.25) is 0 Å². The number of anilines is 1. The molecule has 3 nitrogen and oxygen atoms in total.